The number of fused-ring (bicyclic) bond motifs is 2. The zero-order chi connectivity index (χ0) is 20.0. The van der Waals surface area contributed by atoms with Crippen LogP contribution in [-0.2, 0) is 23.3 Å². The molecule has 0 aromatic carbocycles. The second-order valence-electron chi connectivity index (χ2n) is 9.16. The molecule has 1 amide bonds. The van der Waals surface area contributed by atoms with Gasteiger partial charge in [0.05, 0.1) is 17.6 Å². The van der Waals surface area contributed by atoms with E-state index in [0.717, 1.165) is 75.4 Å². The second-order valence-corrected chi connectivity index (χ2v) is 9.16. The van der Waals surface area contributed by atoms with Crippen LogP contribution in [-0.4, -0.2) is 55.3 Å². The predicted octanol–water partition coefficient (Wildman–Crippen LogP) is 2.61. The van der Waals surface area contributed by atoms with Crippen molar-refractivity contribution in [3.05, 3.63) is 41.5 Å². The number of H-pyrrole nitrogens is 1. The first-order chi connectivity index (χ1) is 14.1. The van der Waals surface area contributed by atoms with Crippen molar-refractivity contribution < 1.29 is 4.79 Å². The van der Waals surface area contributed by atoms with Gasteiger partial charge in [0.1, 0.15) is 5.82 Å². The minimum Gasteiger partial charge on any atom is -0.348 e. The van der Waals surface area contributed by atoms with Crippen LogP contribution in [0.15, 0.2) is 18.7 Å². The normalized spacial score (nSPS) is 21.6. The molecule has 1 N–H and O–H groups in total. The standard InChI is InChI=1S/C22H30N6O/c1-15(2)20-23-11-16(12-24-20)13-27-9-6-22(7-10-27)19-18(25-14-26-19)5-8-28(22)21(29)17-3-4-17/h11-12,14-15,17H,3-10,13H2,1-2H3,(H,25,26). The molecular weight excluding hydrogens is 364 g/mol. The third-order valence-corrected chi connectivity index (χ3v) is 6.78. The summed E-state index contributed by atoms with van der Waals surface area (Å²) >= 11 is 0. The quantitative estimate of drug-likeness (QED) is 0.862. The fourth-order valence-electron chi connectivity index (χ4n) is 4.94. The number of imidazole rings is 1. The monoisotopic (exact) mass is 394 g/mol. The molecule has 2 aliphatic heterocycles. The summed E-state index contributed by atoms with van der Waals surface area (Å²) in [6.07, 6.45) is 10.6. The molecule has 1 saturated carbocycles. The first-order valence-corrected chi connectivity index (χ1v) is 10.9. The number of carbonyl (C=O) groups excluding carboxylic acids is 1. The number of rotatable bonds is 4. The number of aromatic nitrogens is 4. The van der Waals surface area contributed by atoms with Crippen LogP contribution in [0.1, 0.15) is 68.2 Å². The summed E-state index contributed by atoms with van der Waals surface area (Å²) in [6.45, 7) is 7.80. The maximum absolute atomic E-state index is 13.1. The van der Waals surface area contributed by atoms with E-state index in [1.165, 1.54) is 5.69 Å². The van der Waals surface area contributed by atoms with E-state index in [0.29, 0.717) is 11.8 Å². The highest BCUT2D eigenvalue weighted by atomic mass is 16.2. The molecule has 0 atom stereocenters. The fraction of sp³-hybridized carbons (Fsp3) is 0.636. The van der Waals surface area contributed by atoms with E-state index >= 15 is 0 Å². The third kappa shape index (κ3) is 3.35. The lowest BCUT2D eigenvalue weighted by Crippen LogP contribution is -2.58. The lowest BCUT2D eigenvalue weighted by Gasteiger charge is -2.50. The molecule has 2 aromatic rings. The SMILES string of the molecule is CC(C)c1ncc(CN2CCC3(CC2)c2nc[nH]c2CCN3C(=O)C2CC2)cn1. The Bertz CT molecular complexity index is 877. The minimum atomic E-state index is -0.234. The van der Waals surface area contributed by atoms with Crippen LogP contribution in [0.3, 0.4) is 0 Å². The molecule has 7 nitrogen and oxygen atoms in total. The molecule has 2 aromatic heterocycles. The molecule has 7 heteroatoms. The lowest BCUT2D eigenvalue weighted by molar-refractivity contribution is -0.143. The summed E-state index contributed by atoms with van der Waals surface area (Å²) in [4.78, 5) is 34.8. The van der Waals surface area contributed by atoms with E-state index in [1.807, 2.05) is 12.4 Å². The van der Waals surface area contributed by atoms with Crippen LogP contribution in [0.4, 0.5) is 0 Å². The van der Waals surface area contributed by atoms with Gasteiger partial charge in [0.2, 0.25) is 5.91 Å². The van der Waals surface area contributed by atoms with Gasteiger partial charge in [-0.25, -0.2) is 15.0 Å². The lowest BCUT2D eigenvalue weighted by atomic mass is 9.78. The molecule has 1 aliphatic carbocycles. The van der Waals surface area contributed by atoms with Crippen molar-refractivity contribution in [2.75, 3.05) is 19.6 Å². The van der Waals surface area contributed by atoms with Gasteiger partial charge in [-0.05, 0) is 25.7 Å². The smallest absolute Gasteiger partial charge is 0.226 e. The van der Waals surface area contributed by atoms with Crippen molar-refractivity contribution in [2.24, 2.45) is 5.92 Å². The minimum absolute atomic E-state index is 0.234. The second kappa shape index (κ2) is 7.20. The van der Waals surface area contributed by atoms with Crippen molar-refractivity contribution in [2.45, 2.75) is 64.0 Å². The van der Waals surface area contributed by atoms with Gasteiger partial charge in [0, 0.05) is 68.1 Å². The van der Waals surface area contributed by atoms with E-state index in [-0.39, 0.29) is 11.5 Å². The van der Waals surface area contributed by atoms with Gasteiger partial charge in [-0.2, -0.15) is 0 Å². The molecule has 0 bridgehead atoms. The Morgan fingerprint density at radius 3 is 2.55 bits per heavy atom. The molecule has 4 heterocycles. The van der Waals surface area contributed by atoms with Crippen molar-refractivity contribution in [1.82, 2.24) is 29.7 Å². The summed E-state index contributed by atoms with van der Waals surface area (Å²) in [6, 6.07) is 0. The number of nitrogens with zero attached hydrogens (tertiary/aromatic N) is 5. The number of hydrogen-bond donors (Lipinski definition) is 1. The van der Waals surface area contributed by atoms with E-state index in [1.54, 1.807) is 6.33 Å². The number of piperidine rings is 1. The van der Waals surface area contributed by atoms with Gasteiger partial charge in [0.25, 0.3) is 0 Å². The molecule has 1 spiro atoms. The molecule has 3 aliphatic rings. The van der Waals surface area contributed by atoms with Gasteiger partial charge in [0.15, 0.2) is 0 Å². The Morgan fingerprint density at radius 2 is 1.90 bits per heavy atom. The summed E-state index contributed by atoms with van der Waals surface area (Å²) in [5, 5.41) is 0. The van der Waals surface area contributed by atoms with Crippen LogP contribution >= 0.6 is 0 Å². The predicted molar refractivity (Wildman–Crippen MR) is 109 cm³/mol. The third-order valence-electron chi connectivity index (χ3n) is 6.78. The van der Waals surface area contributed by atoms with Crippen LogP contribution in [0.25, 0.3) is 0 Å². The van der Waals surface area contributed by atoms with Gasteiger partial charge >= 0.3 is 0 Å². The van der Waals surface area contributed by atoms with Gasteiger partial charge in [-0.15, -0.1) is 0 Å². The Hall–Kier alpha value is -2.28. The Labute approximate surface area is 171 Å². The highest BCUT2D eigenvalue weighted by Crippen LogP contribution is 2.45. The molecule has 0 unspecified atom stereocenters. The Kier molecular flexibility index (Phi) is 4.65. The average Bonchev–Trinajstić information content (AvgIpc) is 3.47. The molecule has 0 radical (unpaired) electrons. The number of hydrogen-bond acceptors (Lipinski definition) is 5. The first-order valence-electron chi connectivity index (χ1n) is 10.9. The van der Waals surface area contributed by atoms with Crippen LogP contribution in [0.5, 0.6) is 0 Å². The van der Waals surface area contributed by atoms with E-state index < -0.39 is 0 Å². The van der Waals surface area contributed by atoms with E-state index in [9.17, 15) is 4.79 Å². The van der Waals surface area contributed by atoms with Crippen LogP contribution in [0.2, 0.25) is 0 Å². The van der Waals surface area contributed by atoms with Crippen molar-refractivity contribution in [3.8, 4) is 0 Å². The van der Waals surface area contributed by atoms with Crippen LogP contribution in [0, 0.1) is 5.92 Å². The zero-order valence-corrected chi connectivity index (χ0v) is 17.4. The molecule has 5 rings (SSSR count). The Morgan fingerprint density at radius 1 is 1.17 bits per heavy atom. The maximum atomic E-state index is 13.1. The van der Waals surface area contributed by atoms with Gasteiger partial charge in [-0.3, -0.25) is 9.69 Å². The zero-order valence-electron chi connectivity index (χ0n) is 17.4. The van der Waals surface area contributed by atoms with Gasteiger partial charge < -0.3 is 9.88 Å². The highest BCUT2D eigenvalue weighted by Gasteiger charge is 2.50. The number of aromatic amines is 1. The number of likely N-dealkylation sites (tertiary alicyclic amines) is 1. The van der Waals surface area contributed by atoms with Crippen molar-refractivity contribution in [1.29, 1.82) is 0 Å². The molecule has 154 valence electrons. The van der Waals surface area contributed by atoms with Crippen molar-refractivity contribution >= 4 is 5.91 Å². The summed E-state index contributed by atoms with van der Waals surface area (Å²) in [5.74, 6) is 1.85. The van der Waals surface area contributed by atoms with E-state index in [2.05, 4.69) is 38.6 Å². The van der Waals surface area contributed by atoms with Crippen LogP contribution < -0.4 is 0 Å². The number of carbonyl (C=O) groups is 1. The number of nitrogens with one attached hydrogen (secondary N) is 1. The largest absolute Gasteiger partial charge is 0.348 e. The highest BCUT2D eigenvalue weighted by molar-refractivity contribution is 5.82. The number of amides is 1. The van der Waals surface area contributed by atoms with Gasteiger partial charge in [-0.1, -0.05) is 13.8 Å². The molecule has 1 saturated heterocycles. The maximum Gasteiger partial charge on any atom is 0.226 e. The summed E-state index contributed by atoms with van der Waals surface area (Å²) < 4.78 is 0. The molecular formula is C22H30N6O. The fourth-order valence-corrected chi connectivity index (χ4v) is 4.94. The Balaban J connectivity index is 1.32. The summed E-state index contributed by atoms with van der Waals surface area (Å²) in [7, 11) is 0. The summed E-state index contributed by atoms with van der Waals surface area (Å²) in [5.41, 5.74) is 3.25. The first kappa shape index (κ1) is 18.7. The molecule has 2 fully saturated rings. The van der Waals surface area contributed by atoms with Crippen molar-refractivity contribution in [3.63, 3.8) is 0 Å². The van der Waals surface area contributed by atoms with E-state index in [4.69, 9.17) is 4.98 Å². The topological polar surface area (TPSA) is 78.0 Å². The average molecular weight is 395 g/mol. The molecule has 29 heavy (non-hydrogen) atoms.